The summed E-state index contributed by atoms with van der Waals surface area (Å²) in [5.74, 6) is 0. The normalized spacial score (nSPS) is 9.00. The van der Waals surface area contributed by atoms with Crippen molar-refractivity contribution in [1.82, 2.24) is 5.32 Å². The van der Waals surface area contributed by atoms with Gasteiger partial charge in [-0.05, 0) is 12.1 Å². The molecule has 0 atom stereocenters. The molecule has 0 bridgehead atoms. The predicted octanol–water partition coefficient (Wildman–Crippen LogP) is 0.896. The van der Waals surface area contributed by atoms with Crippen molar-refractivity contribution >= 4 is 18.0 Å². The molecule has 0 saturated heterocycles. The average molecular weight is 177 g/mol. The maximum absolute atomic E-state index is 10.9. The molecule has 4 nitrogen and oxygen atoms in total. The summed E-state index contributed by atoms with van der Waals surface area (Å²) in [5, 5.41) is 4.94. The third-order valence-corrected chi connectivity index (χ3v) is 1.47. The van der Waals surface area contributed by atoms with Crippen LogP contribution in [0.4, 0.5) is 10.5 Å². The Balaban J connectivity index is 2.77. The van der Waals surface area contributed by atoms with Gasteiger partial charge in [-0.2, -0.15) is 0 Å². The minimum atomic E-state index is -0.317. The Kier molecular flexibility index (Phi) is 3.03. The molecule has 1 aromatic carbocycles. The van der Waals surface area contributed by atoms with Crippen LogP contribution >= 0.6 is 0 Å². The molecule has 0 aliphatic heterocycles. The maximum Gasteiger partial charge on any atom is 0.318 e. The van der Waals surface area contributed by atoms with Crippen molar-refractivity contribution in [3.05, 3.63) is 29.8 Å². The fourth-order valence-electron chi connectivity index (χ4n) is 0.854. The molecule has 0 saturated carbocycles. The topological polar surface area (TPSA) is 58.2 Å². The van der Waals surface area contributed by atoms with E-state index in [1.165, 1.54) is 7.05 Å². The fourth-order valence-corrected chi connectivity index (χ4v) is 0.854. The van der Waals surface area contributed by atoms with E-state index >= 15 is 0 Å². The van der Waals surface area contributed by atoms with Gasteiger partial charge in [-0.25, -0.2) is 4.79 Å². The van der Waals surface area contributed by atoms with Gasteiger partial charge in [-0.1, -0.05) is 12.1 Å². The third kappa shape index (κ3) is 2.59. The molecule has 0 unspecified atom stereocenters. The molecule has 0 heterocycles. The van der Waals surface area contributed by atoms with Crippen molar-refractivity contribution in [2.24, 2.45) is 0 Å². The van der Waals surface area contributed by atoms with Crippen molar-refractivity contribution in [3.63, 3.8) is 0 Å². The predicted molar refractivity (Wildman–Crippen MR) is 49.3 cm³/mol. The average Bonchev–Trinajstić information content (AvgIpc) is 2.18. The summed E-state index contributed by atoms with van der Waals surface area (Å²) in [6.07, 6.45) is 1.74. The van der Waals surface area contributed by atoms with E-state index in [0.717, 1.165) is 0 Å². The molecule has 0 fully saturated rings. The highest BCUT2D eigenvalue weighted by Gasteiger charge is 1.98. The van der Waals surface area contributed by atoms with Crippen molar-refractivity contribution in [1.29, 1.82) is 0 Å². The first kappa shape index (κ1) is 9.25. The van der Waals surface area contributed by atoms with Crippen LogP contribution in [0.15, 0.2) is 24.3 Å². The zero-order valence-electron chi connectivity index (χ0n) is 7.13. The second kappa shape index (κ2) is 4.25. The highest BCUT2D eigenvalue weighted by atomic mass is 16.2. The second-order valence-electron chi connectivity index (χ2n) is 2.39. The minimum absolute atomic E-state index is 0.317. The molecule has 4 heteroatoms. The zero-order valence-corrected chi connectivity index (χ0v) is 7.13. The molecule has 0 aromatic heterocycles. The van der Waals surface area contributed by atoms with Crippen LogP contribution in [0.1, 0.15) is 5.56 Å². The van der Waals surface area contributed by atoms with Gasteiger partial charge in [0.2, 0.25) is 6.29 Å². The van der Waals surface area contributed by atoms with Gasteiger partial charge in [0.05, 0.1) is 0 Å². The van der Waals surface area contributed by atoms with Gasteiger partial charge in [-0.3, -0.25) is 4.79 Å². The van der Waals surface area contributed by atoms with Crippen LogP contribution in [0.2, 0.25) is 0 Å². The summed E-state index contributed by atoms with van der Waals surface area (Å²) < 4.78 is 0. The number of rotatable bonds is 2. The molecule has 2 amide bonds. The Morgan fingerprint density at radius 1 is 1.46 bits per heavy atom. The monoisotopic (exact) mass is 177 g/mol. The second-order valence-corrected chi connectivity index (χ2v) is 2.39. The standard InChI is InChI=1S/C9H9N2O2/c1-10-9(13)11-8-4-2-3-7(5-8)6-12/h2-5H,1H3,(H2,10,11,13). The van der Waals surface area contributed by atoms with Crippen molar-refractivity contribution in [2.45, 2.75) is 0 Å². The lowest BCUT2D eigenvalue weighted by atomic mass is 10.2. The van der Waals surface area contributed by atoms with E-state index in [2.05, 4.69) is 10.6 Å². The van der Waals surface area contributed by atoms with E-state index in [1.54, 1.807) is 30.6 Å². The van der Waals surface area contributed by atoms with Crippen molar-refractivity contribution < 1.29 is 9.59 Å². The quantitative estimate of drug-likeness (QED) is 0.705. The number of benzene rings is 1. The molecule has 0 aliphatic carbocycles. The summed E-state index contributed by atoms with van der Waals surface area (Å²) in [6, 6.07) is 6.20. The smallest absolute Gasteiger partial charge is 0.318 e. The molecule has 13 heavy (non-hydrogen) atoms. The maximum atomic E-state index is 10.9. The zero-order chi connectivity index (χ0) is 9.68. The number of carbonyl (C=O) groups is 1. The van der Waals surface area contributed by atoms with E-state index in [1.807, 2.05) is 0 Å². The number of anilines is 1. The first-order chi connectivity index (χ1) is 6.26. The number of amides is 2. The molecule has 1 rings (SSSR count). The van der Waals surface area contributed by atoms with Gasteiger partial charge < -0.3 is 10.6 Å². The van der Waals surface area contributed by atoms with Gasteiger partial charge in [0.25, 0.3) is 0 Å². The number of hydrogen-bond donors (Lipinski definition) is 2. The van der Waals surface area contributed by atoms with E-state index < -0.39 is 0 Å². The van der Waals surface area contributed by atoms with Crippen LogP contribution in [0, 0.1) is 0 Å². The molecule has 1 aromatic rings. The molecule has 0 spiro atoms. The molecular weight excluding hydrogens is 168 g/mol. The van der Waals surface area contributed by atoms with E-state index in [4.69, 9.17) is 0 Å². The third-order valence-electron chi connectivity index (χ3n) is 1.47. The van der Waals surface area contributed by atoms with Crippen molar-refractivity contribution in [3.8, 4) is 0 Å². The lowest BCUT2D eigenvalue weighted by Gasteiger charge is -2.03. The Morgan fingerprint density at radius 2 is 2.23 bits per heavy atom. The Morgan fingerprint density at radius 3 is 2.85 bits per heavy atom. The highest BCUT2D eigenvalue weighted by molar-refractivity contribution is 5.90. The summed E-state index contributed by atoms with van der Waals surface area (Å²) in [7, 11) is 1.52. The van der Waals surface area contributed by atoms with Gasteiger partial charge in [0, 0.05) is 18.3 Å². The van der Waals surface area contributed by atoms with Gasteiger partial charge in [-0.15, -0.1) is 0 Å². The van der Waals surface area contributed by atoms with Crippen molar-refractivity contribution in [2.75, 3.05) is 12.4 Å². The largest absolute Gasteiger partial charge is 0.341 e. The first-order valence-electron chi connectivity index (χ1n) is 3.73. The summed E-state index contributed by atoms with van der Waals surface area (Å²) in [6.45, 7) is 0. The van der Waals surface area contributed by atoms with Crippen LogP contribution in [0.25, 0.3) is 0 Å². The van der Waals surface area contributed by atoms with E-state index in [0.29, 0.717) is 11.3 Å². The van der Waals surface area contributed by atoms with Crippen LogP contribution < -0.4 is 10.6 Å². The summed E-state index contributed by atoms with van der Waals surface area (Å²) >= 11 is 0. The number of carbonyl (C=O) groups excluding carboxylic acids is 2. The lowest BCUT2D eigenvalue weighted by molar-refractivity contribution is 0.254. The van der Waals surface area contributed by atoms with Crippen LogP contribution in [-0.4, -0.2) is 19.4 Å². The molecular formula is C9H9N2O2. The van der Waals surface area contributed by atoms with Crippen LogP contribution in [0.3, 0.4) is 0 Å². The number of nitrogens with one attached hydrogen (secondary N) is 2. The molecule has 2 N–H and O–H groups in total. The fraction of sp³-hybridized carbons (Fsp3) is 0.111. The highest BCUT2D eigenvalue weighted by Crippen LogP contribution is 2.08. The van der Waals surface area contributed by atoms with Gasteiger partial charge in [0.1, 0.15) is 0 Å². The first-order valence-corrected chi connectivity index (χ1v) is 3.73. The van der Waals surface area contributed by atoms with Gasteiger partial charge in [0.15, 0.2) is 0 Å². The Bertz CT molecular complexity index is 323. The molecule has 1 radical (unpaired) electrons. The number of hydrogen-bond acceptors (Lipinski definition) is 2. The number of urea groups is 1. The Hall–Kier alpha value is -1.84. The van der Waals surface area contributed by atoms with E-state index in [-0.39, 0.29) is 6.03 Å². The minimum Gasteiger partial charge on any atom is -0.341 e. The van der Waals surface area contributed by atoms with Gasteiger partial charge >= 0.3 is 6.03 Å². The summed E-state index contributed by atoms with van der Waals surface area (Å²) in [5.41, 5.74) is 0.981. The Labute approximate surface area is 75.9 Å². The molecule has 67 valence electrons. The van der Waals surface area contributed by atoms with E-state index in [9.17, 15) is 9.59 Å². The molecule has 0 aliphatic rings. The van der Waals surface area contributed by atoms with Crippen LogP contribution in [0.5, 0.6) is 0 Å². The summed E-state index contributed by atoms with van der Waals surface area (Å²) in [4.78, 5) is 21.1. The van der Waals surface area contributed by atoms with Crippen LogP contribution in [-0.2, 0) is 4.79 Å². The lowest BCUT2D eigenvalue weighted by Crippen LogP contribution is -2.24. The SMILES string of the molecule is CNC(=O)Nc1cccc([C]=O)c1.